The molecule has 0 spiro atoms. The van der Waals surface area contributed by atoms with E-state index in [0.717, 1.165) is 11.1 Å². The maximum atomic E-state index is 11.0. The molecule has 0 bridgehead atoms. The van der Waals surface area contributed by atoms with E-state index in [1.165, 1.54) is 0 Å². The molecule has 0 aliphatic rings. The maximum Gasteiger partial charge on any atom is 0.274 e. The minimum Gasteiger partial charge on any atom is -0.507 e. The second-order valence-corrected chi connectivity index (χ2v) is 5.45. The van der Waals surface area contributed by atoms with Crippen molar-refractivity contribution in [1.29, 1.82) is 0 Å². The number of phenols is 1. The van der Waals surface area contributed by atoms with Crippen molar-refractivity contribution in [3.8, 4) is 5.75 Å². The number of nitrogens with one attached hydrogen (secondary N) is 1. The van der Waals surface area contributed by atoms with E-state index in [2.05, 4.69) is 21.2 Å². The smallest absolute Gasteiger partial charge is 0.274 e. The Bertz CT molecular complexity index is 674. The van der Waals surface area contributed by atoms with E-state index >= 15 is 0 Å². The third kappa shape index (κ3) is 3.72. The summed E-state index contributed by atoms with van der Waals surface area (Å²) in [5.41, 5.74) is 2.51. The van der Waals surface area contributed by atoms with E-state index < -0.39 is 0 Å². The number of phenolic OH excluding ortho intramolecular Hbond substituents is 1. The minimum atomic E-state index is -0.360. The van der Waals surface area contributed by atoms with Crippen molar-refractivity contribution < 1.29 is 10.0 Å². The zero-order valence-corrected chi connectivity index (χ0v) is 13.1. The van der Waals surface area contributed by atoms with Gasteiger partial charge in [-0.05, 0) is 46.1 Å². The Balaban J connectivity index is 2.14. The molecule has 6 heteroatoms. The van der Waals surface area contributed by atoms with Gasteiger partial charge in [-0.2, -0.15) is 0 Å². The Morgan fingerprint density at radius 2 is 2.05 bits per heavy atom. The monoisotopic (exact) mass is 350 g/mol. The van der Waals surface area contributed by atoms with Crippen molar-refractivity contribution in [2.75, 3.05) is 5.32 Å². The van der Waals surface area contributed by atoms with Gasteiger partial charge in [-0.15, -0.1) is 0 Å². The number of hydrogen-bond acceptors (Lipinski definition) is 4. The van der Waals surface area contributed by atoms with Crippen LogP contribution in [0.2, 0.25) is 0 Å². The average molecular weight is 351 g/mol. The lowest BCUT2D eigenvalue weighted by Crippen LogP contribution is -2.01. The topological polar surface area (TPSA) is 75.4 Å². The molecule has 0 heterocycles. The lowest BCUT2D eigenvalue weighted by molar-refractivity contribution is -0.385. The molecule has 2 rings (SSSR count). The highest BCUT2D eigenvalue weighted by atomic mass is 79.9. The molecule has 2 aromatic carbocycles. The van der Waals surface area contributed by atoms with Gasteiger partial charge in [0.05, 0.1) is 9.40 Å². The molecule has 21 heavy (non-hydrogen) atoms. The van der Waals surface area contributed by atoms with Crippen LogP contribution in [-0.4, -0.2) is 10.0 Å². The van der Waals surface area contributed by atoms with Gasteiger partial charge < -0.3 is 10.4 Å². The van der Waals surface area contributed by atoms with Crippen molar-refractivity contribution in [3.05, 3.63) is 62.1 Å². The van der Waals surface area contributed by atoms with Crippen LogP contribution in [0.4, 0.5) is 11.4 Å². The highest BCUT2D eigenvalue weighted by molar-refractivity contribution is 9.10. The second kappa shape index (κ2) is 6.58. The number of anilines is 1. The van der Waals surface area contributed by atoms with Gasteiger partial charge in [-0.1, -0.05) is 19.1 Å². The molecule has 0 atom stereocenters. The second-order valence-electron chi connectivity index (χ2n) is 4.59. The fraction of sp³-hybridized carbons (Fsp3) is 0.200. The highest BCUT2D eigenvalue weighted by Gasteiger charge is 2.12. The van der Waals surface area contributed by atoms with Gasteiger partial charge >= 0.3 is 0 Å². The first-order valence-electron chi connectivity index (χ1n) is 6.50. The Morgan fingerprint density at radius 1 is 1.29 bits per heavy atom. The van der Waals surface area contributed by atoms with E-state index in [9.17, 15) is 15.2 Å². The predicted molar refractivity (Wildman–Crippen MR) is 85.6 cm³/mol. The number of nitro benzene ring substituents is 1. The van der Waals surface area contributed by atoms with Crippen molar-refractivity contribution in [2.45, 2.75) is 19.9 Å². The van der Waals surface area contributed by atoms with E-state index in [1.54, 1.807) is 30.3 Å². The molecule has 2 aromatic rings. The summed E-state index contributed by atoms with van der Waals surface area (Å²) in [6, 6.07) is 10.4. The third-order valence-corrected chi connectivity index (χ3v) is 3.81. The first-order valence-corrected chi connectivity index (χ1v) is 7.29. The van der Waals surface area contributed by atoms with Gasteiger partial charge in [-0.3, -0.25) is 10.1 Å². The zero-order chi connectivity index (χ0) is 15.4. The van der Waals surface area contributed by atoms with Gasteiger partial charge in [0, 0.05) is 23.9 Å². The van der Waals surface area contributed by atoms with Gasteiger partial charge in [0.1, 0.15) is 5.75 Å². The third-order valence-electron chi connectivity index (χ3n) is 3.17. The summed E-state index contributed by atoms with van der Waals surface area (Å²) in [7, 11) is 0. The average Bonchev–Trinajstić information content (AvgIpc) is 2.48. The number of aryl methyl sites for hydroxylation is 1. The number of halogens is 1. The van der Waals surface area contributed by atoms with Crippen molar-refractivity contribution >= 4 is 27.3 Å². The van der Waals surface area contributed by atoms with Crippen LogP contribution in [0, 0.1) is 10.1 Å². The quantitative estimate of drug-likeness (QED) is 0.624. The van der Waals surface area contributed by atoms with Crippen LogP contribution >= 0.6 is 15.9 Å². The number of hydrogen-bond donors (Lipinski definition) is 2. The molecular weight excluding hydrogens is 336 g/mol. The molecule has 0 fully saturated rings. The molecule has 5 nitrogen and oxygen atoms in total. The summed E-state index contributed by atoms with van der Waals surface area (Å²) < 4.78 is 0.620. The standard InChI is InChI=1S/C15H15BrN2O3/c1-2-11-4-5-12(8-14(11)18(20)21)17-9-10-3-6-15(19)13(16)7-10/h3-8,17,19H,2,9H2,1H3. The van der Waals surface area contributed by atoms with Crippen LogP contribution < -0.4 is 5.32 Å². The first kappa shape index (κ1) is 15.3. The molecular formula is C15H15BrN2O3. The van der Waals surface area contributed by atoms with Crippen LogP contribution in [0.3, 0.4) is 0 Å². The fourth-order valence-electron chi connectivity index (χ4n) is 2.01. The summed E-state index contributed by atoms with van der Waals surface area (Å²) in [5.74, 6) is 0.182. The van der Waals surface area contributed by atoms with E-state index in [-0.39, 0.29) is 16.4 Å². The summed E-state index contributed by atoms with van der Waals surface area (Å²) in [6.45, 7) is 2.41. The minimum absolute atomic E-state index is 0.134. The molecule has 0 saturated carbocycles. The van der Waals surface area contributed by atoms with Crippen LogP contribution in [0.5, 0.6) is 5.75 Å². The van der Waals surface area contributed by atoms with Gasteiger partial charge in [0.25, 0.3) is 5.69 Å². The van der Waals surface area contributed by atoms with Crippen molar-refractivity contribution in [2.24, 2.45) is 0 Å². The normalized spacial score (nSPS) is 10.4. The molecule has 0 radical (unpaired) electrons. The van der Waals surface area contributed by atoms with Crippen molar-refractivity contribution in [3.63, 3.8) is 0 Å². The van der Waals surface area contributed by atoms with Crippen LogP contribution in [0.25, 0.3) is 0 Å². The van der Waals surface area contributed by atoms with Gasteiger partial charge in [-0.25, -0.2) is 0 Å². The maximum absolute atomic E-state index is 11.0. The molecule has 0 aliphatic heterocycles. The number of nitrogens with zero attached hydrogens (tertiary/aromatic N) is 1. The van der Waals surface area contributed by atoms with E-state index in [0.29, 0.717) is 23.1 Å². The fourth-order valence-corrected chi connectivity index (χ4v) is 2.43. The Kier molecular flexibility index (Phi) is 4.80. The van der Waals surface area contributed by atoms with Crippen LogP contribution in [-0.2, 0) is 13.0 Å². The Morgan fingerprint density at radius 3 is 2.67 bits per heavy atom. The first-order chi connectivity index (χ1) is 10.0. The summed E-state index contributed by atoms with van der Waals surface area (Å²) in [6.07, 6.45) is 0.626. The highest BCUT2D eigenvalue weighted by Crippen LogP contribution is 2.26. The van der Waals surface area contributed by atoms with Crippen LogP contribution in [0.1, 0.15) is 18.1 Å². The summed E-state index contributed by atoms with van der Waals surface area (Å²) >= 11 is 3.25. The molecule has 0 aliphatic carbocycles. The summed E-state index contributed by atoms with van der Waals surface area (Å²) in [5, 5.41) is 23.6. The van der Waals surface area contributed by atoms with Crippen LogP contribution in [0.15, 0.2) is 40.9 Å². The zero-order valence-electron chi connectivity index (χ0n) is 11.5. The Hall–Kier alpha value is -2.08. The molecule has 0 unspecified atom stereocenters. The van der Waals surface area contributed by atoms with Gasteiger partial charge in [0.15, 0.2) is 0 Å². The number of nitro groups is 1. The lowest BCUT2D eigenvalue weighted by atomic mass is 10.1. The summed E-state index contributed by atoms with van der Waals surface area (Å²) in [4.78, 5) is 10.7. The molecule has 0 amide bonds. The number of rotatable bonds is 5. The van der Waals surface area contributed by atoms with Gasteiger partial charge in [0.2, 0.25) is 0 Å². The molecule has 0 saturated heterocycles. The lowest BCUT2D eigenvalue weighted by Gasteiger charge is -2.09. The predicted octanol–water partition coefficient (Wildman–Crippen LogP) is 4.24. The Labute approximate surface area is 130 Å². The van der Waals surface area contributed by atoms with Crippen molar-refractivity contribution in [1.82, 2.24) is 0 Å². The van der Waals surface area contributed by atoms with E-state index in [4.69, 9.17) is 0 Å². The molecule has 110 valence electrons. The molecule has 2 N–H and O–H groups in total. The molecule has 0 aromatic heterocycles. The number of benzene rings is 2. The van der Waals surface area contributed by atoms with E-state index in [1.807, 2.05) is 13.0 Å². The largest absolute Gasteiger partial charge is 0.507 e. The number of aromatic hydroxyl groups is 1. The SMILES string of the molecule is CCc1ccc(NCc2ccc(O)c(Br)c2)cc1[N+](=O)[O-].